The second-order valence-electron chi connectivity index (χ2n) is 7.69. The van der Waals surface area contributed by atoms with Gasteiger partial charge in [-0.05, 0) is 42.0 Å². The van der Waals surface area contributed by atoms with E-state index in [0.717, 1.165) is 36.4 Å². The highest BCUT2D eigenvalue weighted by Crippen LogP contribution is 2.37. The molecule has 1 heterocycles. The standard InChI is InChI=1S/C23H12ClN5O10/c24-17-10-12(1-7-19(17)39-20-8-6-15(28(35)36)11-18(20)29(37)38)9-16-21(30)25-23(32)26(22(16)31)13-2-4-14(5-3-13)27(33)34/h1-11H,(H,25,30,32)/b16-9+. The summed E-state index contributed by atoms with van der Waals surface area (Å²) in [5.74, 6) is -2.40. The number of rotatable bonds is 7. The molecule has 3 aromatic rings. The van der Waals surface area contributed by atoms with Crippen molar-refractivity contribution >= 4 is 58.3 Å². The summed E-state index contributed by atoms with van der Waals surface area (Å²) >= 11 is 6.23. The molecule has 0 aliphatic carbocycles. The molecule has 16 heteroatoms. The lowest BCUT2D eigenvalue weighted by molar-refractivity contribution is -0.394. The Labute approximate surface area is 221 Å². The Kier molecular flexibility index (Phi) is 7.00. The van der Waals surface area contributed by atoms with E-state index < -0.39 is 49.6 Å². The summed E-state index contributed by atoms with van der Waals surface area (Å²) in [6, 6.07) is 10.2. The van der Waals surface area contributed by atoms with Crippen molar-refractivity contribution in [2.75, 3.05) is 4.90 Å². The van der Waals surface area contributed by atoms with E-state index in [2.05, 4.69) is 0 Å². The lowest BCUT2D eigenvalue weighted by atomic mass is 10.1. The average molecular weight is 554 g/mol. The van der Waals surface area contributed by atoms with Gasteiger partial charge < -0.3 is 4.74 Å². The van der Waals surface area contributed by atoms with Crippen LogP contribution in [-0.2, 0) is 9.59 Å². The topological polar surface area (TPSA) is 205 Å². The minimum absolute atomic E-state index is 0.0204. The van der Waals surface area contributed by atoms with Crippen LogP contribution in [0.5, 0.6) is 11.5 Å². The summed E-state index contributed by atoms with van der Waals surface area (Å²) in [5, 5.41) is 35.1. The molecule has 0 aromatic heterocycles. The first-order chi connectivity index (χ1) is 18.5. The first-order valence-electron chi connectivity index (χ1n) is 10.5. The fraction of sp³-hybridized carbons (Fsp3) is 0. The minimum Gasteiger partial charge on any atom is -0.449 e. The number of ether oxygens (including phenoxy) is 1. The number of nitrogens with zero attached hydrogens (tertiary/aromatic N) is 4. The molecule has 196 valence electrons. The van der Waals surface area contributed by atoms with Crippen LogP contribution in [0.25, 0.3) is 6.08 Å². The lowest BCUT2D eigenvalue weighted by Gasteiger charge is -2.26. The Bertz CT molecular complexity index is 1620. The zero-order valence-electron chi connectivity index (χ0n) is 19.1. The summed E-state index contributed by atoms with van der Waals surface area (Å²) in [4.78, 5) is 69.2. The van der Waals surface area contributed by atoms with Crippen molar-refractivity contribution in [1.29, 1.82) is 0 Å². The number of barbiturate groups is 1. The molecular weight excluding hydrogens is 542 g/mol. The number of urea groups is 1. The molecule has 3 aromatic carbocycles. The van der Waals surface area contributed by atoms with Gasteiger partial charge in [-0.3, -0.25) is 45.2 Å². The normalized spacial score (nSPS) is 14.2. The molecule has 0 atom stereocenters. The van der Waals surface area contributed by atoms with Gasteiger partial charge in [0.1, 0.15) is 11.3 Å². The third-order valence-corrected chi connectivity index (χ3v) is 5.55. The maximum Gasteiger partial charge on any atom is 0.335 e. The van der Waals surface area contributed by atoms with Gasteiger partial charge in [0.15, 0.2) is 0 Å². The SMILES string of the molecule is O=C1NC(=O)N(c2ccc([N+](=O)[O-])cc2)C(=O)/C1=C/c1ccc(Oc2ccc([N+](=O)[O-])cc2[N+](=O)[O-])c(Cl)c1. The number of amides is 4. The fourth-order valence-electron chi connectivity index (χ4n) is 3.44. The molecule has 0 unspecified atom stereocenters. The van der Waals surface area contributed by atoms with Crippen molar-refractivity contribution in [3.05, 3.63) is 107 Å². The number of nitro groups is 3. The fourth-order valence-corrected chi connectivity index (χ4v) is 3.67. The summed E-state index contributed by atoms with van der Waals surface area (Å²) < 4.78 is 5.48. The Balaban J connectivity index is 1.62. The highest BCUT2D eigenvalue weighted by atomic mass is 35.5. The summed E-state index contributed by atoms with van der Waals surface area (Å²) in [6.07, 6.45) is 1.13. The summed E-state index contributed by atoms with van der Waals surface area (Å²) in [5.41, 5.74) is -1.73. The van der Waals surface area contributed by atoms with E-state index in [1.807, 2.05) is 5.32 Å². The van der Waals surface area contributed by atoms with Crippen LogP contribution >= 0.6 is 11.6 Å². The Morgan fingerprint density at radius 1 is 0.795 bits per heavy atom. The van der Waals surface area contributed by atoms with E-state index in [4.69, 9.17) is 16.3 Å². The molecule has 1 N–H and O–H groups in total. The second kappa shape index (κ2) is 10.3. The van der Waals surface area contributed by atoms with Gasteiger partial charge in [-0.1, -0.05) is 17.7 Å². The van der Waals surface area contributed by atoms with E-state index in [9.17, 15) is 44.7 Å². The summed E-state index contributed by atoms with van der Waals surface area (Å²) in [7, 11) is 0. The van der Waals surface area contributed by atoms with Crippen molar-refractivity contribution < 1.29 is 33.9 Å². The number of carbonyl (C=O) groups is 3. The number of imide groups is 2. The summed E-state index contributed by atoms with van der Waals surface area (Å²) in [6.45, 7) is 0. The van der Waals surface area contributed by atoms with Gasteiger partial charge in [0, 0.05) is 18.2 Å². The van der Waals surface area contributed by atoms with Crippen LogP contribution in [0, 0.1) is 30.3 Å². The smallest absolute Gasteiger partial charge is 0.335 e. The number of halogens is 1. The third-order valence-electron chi connectivity index (χ3n) is 5.26. The molecule has 39 heavy (non-hydrogen) atoms. The van der Waals surface area contributed by atoms with E-state index in [-0.39, 0.29) is 33.5 Å². The molecule has 0 radical (unpaired) electrons. The third kappa shape index (κ3) is 5.37. The van der Waals surface area contributed by atoms with Crippen LogP contribution in [0.2, 0.25) is 5.02 Å². The quantitative estimate of drug-likeness (QED) is 0.187. The van der Waals surface area contributed by atoms with E-state index >= 15 is 0 Å². The Hall–Kier alpha value is -5.70. The first kappa shape index (κ1) is 26.4. The van der Waals surface area contributed by atoms with E-state index in [1.54, 1.807) is 0 Å². The molecule has 15 nitrogen and oxygen atoms in total. The number of carbonyl (C=O) groups excluding carboxylic acids is 3. The monoisotopic (exact) mass is 553 g/mol. The minimum atomic E-state index is -1.05. The Morgan fingerprint density at radius 3 is 2.00 bits per heavy atom. The molecule has 0 saturated carbocycles. The van der Waals surface area contributed by atoms with E-state index in [1.165, 1.54) is 30.3 Å². The maximum atomic E-state index is 13.0. The molecule has 1 saturated heterocycles. The molecule has 1 fully saturated rings. The van der Waals surface area contributed by atoms with Crippen LogP contribution in [-0.4, -0.2) is 32.6 Å². The van der Waals surface area contributed by atoms with Crippen molar-refractivity contribution in [3.63, 3.8) is 0 Å². The van der Waals surface area contributed by atoms with Crippen LogP contribution < -0.4 is 15.0 Å². The van der Waals surface area contributed by atoms with Gasteiger partial charge >= 0.3 is 11.7 Å². The lowest BCUT2D eigenvalue weighted by Crippen LogP contribution is -2.54. The van der Waals surface area contributed by atoms with Crippen molar-refractivity contribution in [3.8, 4) is 11.5 Å². The predicted molar refractivity (Wildman–Crippen MR) is 133 cm³/mol. The molecule has 4 rings (SSSR count). The second-order valence-corrected chi connectivity index (χ2v) is 8.10. The van der Waals surface area contributed by atoms with Crippen LogP contribution in [0.4, 0.5) is 27.5 Å². The molecular formula is C23H12ClN5O10. The van der Waals surface area contributed by atoms with Gasteiger partial charge in [-0.2, -0.15) is 0 Å². The zero-order valence-corrected chi connectivity index (χ0v) is 19.9. The number of nitro benzene ring substituents is 3. The number of non-ortho nitro benzene ring substituents is 2. The van der Waals surface area contributed by atoms with E-state index in [0.29, 0.717) is 4.90 Å². The molecule has 0 bridgehead atoms. The number of anilines is 1. The highest BCUT2D eigenvalue weighted by molar-refractivity contribution is 6.39. The van der Waals surface area contributed by atoms with Gasteiger partial charge in [-0.25, -0.2) is 9.69 Å². The van der Waals surface area contributed by atoms with Crippen LogP contribution in [0.1, 0.15) is 5.56 Å². The number of nitrogens with one attached hydrogen (secondary N) is 1. The predicted octanol–water partition coefficient (Wildman–Crippen LogP) is 4.52. The highest BCUT2D eigenvalue weighted by Gasteiger charge is 2.37. The molecule has 1 aliphatic heterocycles. The Morgan fingerprint density at radius 2 is 1.41 bits per heavy atom. The molecule has 4 amide bonds. The zero-order chi connectivity index (χ0) is 28.4. The maximum absolute atomic E-state index is 13.0. The average Bonchev–Trinajstić information content (AvgIpc) is 2.88. The number of benzene rings is 3. The van der Waals surface area contributed by atoms with Crippen LogP contribution in [0.3, 0.4) is 0 Å². The number of hydrogen-bond acceptors (Lipinski definition) is 10. The largest absolute Gasteiger partial charge is 0.449 e. The van der Waals surface area contributed by atoms with Gasteiger partial charge in [0.2, 0.25) is 5.75 Å². The van der Waals surface area contributed by atoms with Gasteiger partial charge in [-0.15, -0.1) is 0 Å². The van der Waals surface area contributed by atoms with Crippen molar-refractivity contribution in [2.24, 2.45) is 0 Å². The van der Waals surface area contributed by atoms with Crippen molar-refractivity contribution in [2.45, 2.75) is 0 Å². The van der Waals surface area contributed by atoms with Crippen LogP contribution in [0.15, 0.2) is 66.2 Å². The number of hydrogen-bond donors (Lipinski definition) is 1. The van der Waals surface area contributed by atoms with Gasteiger partial charge in [0.25, 0.3) is 23.2 Å². The molecule has 1 aliphatic rings. The van der Waals surface area contributed by atoms with Crippen molar-refractivity contribution in [1.82, 2.24) is 5.32 Å². The van der Waals surface area contributed by atoms with Gasteiger partial charge in [0.05, 0.1) is 31.5 Å². The first-order valence-corrected chi connectivity index (χ1v) is 10.9. The molecule has 0 spiro atoms.